The van der Waals surface area contributed by atoms with Crippen molar-refractivity contribution in [3.63, 3.8) is 0 Å². The number of hydrazine groups is 1. The number of nitrogens with one attached hydrogen (secondary N) is 2. The number of aliphatic hydroxyl groups excluding tert-OH is 1. The van der Waals surface area contributed by atoms with Gasteiger partial charge in [-0.3, -0.25) is 24.2 Å². The van der Waals surface area contributed by atoms with Gasteiger partial charge in [-0.1, -0.05) is 70.7 Å². The van der Waals surface area contributed by atoms with Gasteiger partial charge in [-0.15, -0.1) is 0 Å². The van der Waals surface area contributed by atoms with Crippen molar-refractivity contribution in [3.05, 3.63) is 95.3 Å². The van der Waals surface area contributed by atoms with E-state index in [1.165, 1.54) is 21.5 Å². The molecule has 68 heavy (non-hydrogen) atoms. The second kappa shape index (κ2) is 21.6. The number of nitrogens with zero attached hydrogens (tertiary/aromatic N) is 5. The summed E-state index contributed by atoms with van der Waals surface area (Å²) >= 11 is 0. The van der Waals surface area contributed by atoms with Crippen LogP contribution in [0.3, 0.4) is 0 Å². The SMILES string of the molecule is C=CC(=O)N1CCCN(C(=O)N(C)[C@H](C(=O)NC2CC3=CC(CC(O)=C3)c3ccc4c(c3)c(c(-c3ccccc3CCOC)n4CC)CC(C)(C)COC(=O)[C@@H]3CCCN(N3)C2=O)C(C)C)CC1. The van der Waals surface area contributed by atoms with Gasteiger partial charge in [0.05, 0.1) is 24.7 Å². The van der Waals surface area contributed by atoms with Crippen LogP contribution in [-0.4, -0.2) is 137 Å². The van der Waals surface area contributed by atoms with Gasteiger partial charge in [-0.2, -0.15) is 0 Å². The zero-order valence-electron chi connectivity index (χ0n) is 41.0. The van der Waals surface area contributed by atoms with Crippen molar-refractivity contribution >= 4 is 40.6 Å². The molecule has 6 bridgehead atoms. The summed E-state index contributed by atoms with van der Waals surface area (Å²) in [4.78, 5) is 74.5. The number of benzene rings is 2. The van der Waals surface area contributed by atoms with Gasteiger partial charge in [-0.05, 0) is 91.5 Å². The Hall–Kier alpha value is -5.93. The van der Waals surface area contributed by atoms with E-state index >= 15 is 0 Å². The topological polar surface area (TPSA) is 166 Å². The molecule has 0 spiro atoms. The predicted molar refractivity (Wildman–Crippen MR) is 262 cm³/mol. The van der Waals surface area contributed by atoms with Crippen LogP contribution >= 0.6 is 0 Å². The quantitative estimate of drug-likeness (QED) is 0.149. The molecule has 0 radical (unpaired) electrons. The number of fused-ring (bicyclic) bond motifs is 5. The highest BCUT2D eigenvalue weighted by Crippen LogP contribution is 2.42. The van der Waals surface area contributed by atoms with Gasteiger partial charge in [-0.25, -0.2) is 10.2 Å². The number of hydrogen-bond acceptors (Lipinski definition) is 9. The minimum Gasteiger partial charge on any atom is -0.512 e. The Labute approximate surface area is 401 Å². The molecule has 1 aliphatic carbocycles. The van der Waals surface area contributed by atoms with Gasteiger partial charge >= 0.3 is 12.0 Å². The number of amides is 5. The number of methoxy groups -OCH3 is 1. The number of rotatable bonds is 10. The van der Waals surface area contributed by atoms with Crippen LogP contribution in [0.2, 0.25) is 0 Å². The molecule has 2 fully saturated rings. The number of cyclic esters (lactones) is 1. The second-order valence-electron chi connectivity index (χ2n) is 19.9. The molecule has 3 aromatic rings. The summed E-state index contributed by atoms with van der Waals surface area (Å²) in [6.07, 6.45) is 8.32. The molecule has 7 rings (SSSR count). The van der Waals surface area contributed by atoms with Crippen LogP contribution in [0.4, 0.5) is 4.79 Å². The number of carbonyl (C=O) groups is 5. The number of aliphatic hydroxyl groups is 1. The fourth-order valence-electron chi connectivity index (χ4n) is 10.5. The highest BCUT2D eigenvalue weighted by molar-refractivity contribution is 5.94. The first-order chi connectivity index (χ1) is 32.5. The molecule has 0 saturated carbocycles. The van der Waals surface area contributed by atoms with E-state index in [1.54, 1.807) is 30.0 Å². The van der Waals surface area contributed by atoms with Crippen LogP contribution in [-0.2, 0) is 48.0 Å². The summed E-state index contributed by atoms with van der Waals surface area (Å²) in [5.74, 6) is -2.04. The van der Waals surface area contributed by atoms with E-state index in [9.17, 15) is 29.1 Å². The third-order valence-electron chi connectivity index (χ3n) is 13.9. The fraction of sp³-hybridized carbons (Fsp3) is 0.528. The van der Waals surface area contributed by atoms with E-state index in [0.29, 0.717) is 77.0 Å². The maximum atomic E-state index is 14.8. The number of ether oxygens (including phenoxy) is 2. The molecule has 4 heterocycles. The van der Waals surface area contributed by atoms with Crippen molar-refractivity contribution in [1.82, 2.24) is 35.0 Å². The van der Waals surface area contributed by atoms with Crippen LogP contribution < -0.4 is 10.7 Å². The van der Waals surface area contributed by atoms with Crippen LogP contribution in [0.15, 0.2) is 78.6 Å². The smallest absolute Gasteiger partial charge is 0.324 e. The fourth-order valence-corrected chi connectivity index (χ4v) is 10.5. The molecule has 1 aromatic heterocycles. The van der Waals surface area contributed by atoms with Gasteiger partial charge in [0.1, 0.15) is 18.1 Å². The highest BCUT2D eigenvalue weighted by Gasteiger charge is 2.39. The Morgan fingerprint density at radius 2 is 1.79 bits per heavy atom. The van der Waals surface area contributed by atoms with E-state index in [0.717, 1.165) is 46.3 Å². The molecular weight excluding hydrogens is 863 g/mol. The first kappa shape index (κ1) is 50.0. The van der Waals surface area contributed by atoms with Crippen molar-refractivity contribution in [2.75, 3.05) is 60.1 Å². The molecule has 2 aromatic carbocycles. The lowest BCUT2D eigenvalue weighted by Gasteiger charge is -2.37. The summed E-state index contributed by atoms with van der Waals surface area (Å²) in [6, 6.07) is 11.7. The van der Waals surface area contributed by atoms with E-state index in [2.05, 4.69) is 91.2 Å². The summed E-state index contributed by atoms with van der Waals surface area (Å²) in [7, 11) is 3.31. The average Bonchev–Trinajstić information content (AvgIpc) is 3.42. The molecule has 15 nitrogen and oxygen atoms in total. The van der Waals surface area contributed by atoms with Crippen molar-refractivity contribution in [3.8, 4) is 11.3 Å². The van der Waals surface area contributed by atoms with E-state index in [-0.39, 0.29) is 42.6 Å². The first-order valence-corrected chi connectivity index (χ1v) is 24.3. The number of urea groups is 1. The zero-order chi connectivity index (χ0) is 48.9. The third kappa shape index (κ3) is 11.0. The van der Waals surface area contributed by atoms with Crippen molar-refractivity contribution in [2.45, 2.75) is 110 Å². The van der Waals surface area contributed by atoms with Gasteiger partial charge in [0.15, 0.2) is 0 Å². The normalized spacial score (nSPS) is 21.8. The summed E-state index contributed by atoms with van der Waals surface area (Å²) in [5, 5.41) is 17.0. The van der Waals surface area contributed by atoms with Crippen molar-refractivity contribution in [1.29, 1.82) is 0 Å². The molecule has 15 heteroatoms. The van der Waals surface area contributed by atoms with Crippen molar-refractivity contribution < 1.29 is 38.6 Å². The molecule has 4 atom stereocenters. The molecule has 2 saturated heterocycles. The van der Waals surface area contributed by atoms with Crippen LogP contribution in [0.25, 0.3) is 22.2 Å². The highest BCUT2D eigenvalue weighted by atomic mass is 16.5. The number of carbonyl (C=O) groups excluding carboxylic acids is 5. The monoisotopic (exact) mass is 934 g/mol. The Balaban J connectivity index is 1.27. The van der Waals surface area contributed by atoms with Gasteiger partial charge < -0.3 is 39.2 Å². The number of esters is 1. The minimum absolute atomic E-state index is 0.0382. The molecule has 3 aliphatic heterocycles. The standard InChI is InChI=1S/C53H71N7O8/c1-9-46(62)57-21-14-22-58(25-24-57)52(66)56(7)47(34(3)4)49(63)54-44-29-35-27-38(30-39(61)28-35)37-18-19-45-41(31-37)42(48(59(45)10-2)40-16-12-11-15-36(40)20-26-67-8)32-53(5,6)33-68-51(65)43-17-13-23-60(55-43)50(44)64/h9,11-12,15-16,18-19,27-28,31,34,38,43-44,47,55,61H,1,10,13-14,17,20-26,29-30,32-33H2,2-8H3,(H,54,63)/t38?,43-,44?,47-/m0/s1. The number of aryl methyl sites for hydroxylation is 1. The predicted octanol–water partition coefficient (Wildman–Crippen LogP) is 6.67. The average molecular weight is 934 g/mol. The van der Waals surface area contributed by atoms with Crippen molar-refractivity contribution in [2.24, 2.45) is 11.3 Å². The maximum Gasteiger partial charge on any atom is 0.324 e. The molecule has 5 amide bonds. The molecule has 4 aliphatic rings. The second-order valence-corrected chi connectivity index (χ2v) is 19.9. The van der Waals surface area contributed by atoms with Crippen LogP contribution in [0, 0.1) is 11.3 Å². The van der Waals surface area contributed by atoms with E-state index in [4.69, 9.17) is 9.47 Å². The summed E-state index contributed by atoms with van der Waals surface area (Å²) < 4.78 is 14.0. The number of hydrogen-bond donors (Lipinski definition) is 3. The van der Waals surface area contributed by atoms with Gasteiger partial charge in [0.2, 0.25) is 11.8 Å². The minimum atomic E-state index is -1.13. The number of allylic oxidation sites excluding steroid dienone is 3. The molecule has 366 valence electrons. The van der Waals surface area contributed by atoms with E-state index < -0.39 is 41.3 Å². The first-order valence-electron chi connectivity index (χ1n) is 24.3. The summed E-state index contributed by atoms with van der Waals surface area (Å²) in [6.45, 7) is 16.9. The summed E-state index contributed by atoms with van der Waals surface area (Å²) in [5.41, 5.74) is 9.96. The third-order valence-corrected chi connectivity index (χ3v) is 13.9. The molecular formula is C53H71N7O8. The Morgan fingerprint density at radius 3 is 2.53 bits per heavy atom. The van der Waals surface area contributed by atoms with E-state index in [1.807, 2.05) is 13.8 Å². The molecule has 3 N–H and O–H groups in total. The Morgan fingerprint density at radius 1 is 1.04 bits per heavy atom. The van der Waals surface area contributed by atoms with Gasteiger partial charge in [0.25, 0.3) is 5.91 Å². The lowest BCUT2D eigenvalue weighted by molar-refractivity contribution is -0.155. The zero-order valence-corrected chi connectivity index (χ0v) is 41.0. The Bertz CT molecular complexity index is 2450. The number of likely N-dealkylation sites (N-methyl/N-ethyl adjacent to an activating group) is 1. The van der Waals surface area contributed by atoms with Crippen LogP contribution in [0.1, 0.15) is 89.3 Å². The maximum absolute atomic E-state index is 14.8. The van der Waals surface area contributed by atoms with Gasteiger partial charge in [0, 0.05) is 94.1 Å². The lowest BCUT2D eigenvalue weighted by Crippen LogP contribution is -2.62. The van der Waals surface area contributed by atoms with Crippen LogP contribution in [0.5, 0.6) is 0 Å². The molecule has 2 unspecified atom stereocenters. The Kier molecular flexibility index (Phi) is 15.8. The largest absolute Gasteiger partial charge is 0.512 e. The number of aromatic nitrogens is 1. The lowest BCUT2D eigenvalue weighted by atomic mass is 9.82.